The van der Waals surface area contributed by atoms with Gasteiger partial charge in [-0.2, -0.15) is 5.10 Å². The number of rotatable bonds is 6. The van der Waals surface area contributed by atoms with E-state index in [9.17, 15) is 4.79 Å². The third-order valence-electron chi connectivity index (χ3n) is 5.05. The molecule has 1 saturated heterocycles. The number of aromatic nitrogens is 2. The van der Waals surface area contributed by atoms with Crippen molar-refractivity contribution < 1.29 is 9.53 Å². The van der Waals surface area contributed by atoms with Crippen LogP contribution in [0.5, 0.6) is 0 Å². The van der Waals surface area contributed by atoms with Crippen LogP contribution in [0.25, 0.3) is 0 Å². The van der Waals surface area contributed by atoms with Crippen molar-refractivity contribution in [1.82, 2.24) is 15.1 Å². The molecule has 0 spiro atoms. The van der Waals surface area contributed by atoms with Crippen LogP contribution in [-0.4, -0.2) is 40.8 Å². The molecular weight excluding hydrogens is 314 g/mol. The second-order valence-corrected chi connectivity index (χ2v) is 6.98. The Morgan fingerprint density at radius 1 is 1.28 bits per heavy atom. The second-order valence-electron chi connectivity index (χ2n) is 6.98. The molecule has 0 atom stereocenters. The molecule has 3 rings (SSSR count). The number of hydrogen-bond acceptors (Lipinski definition) is 4. The molecule has 1 aliphatic rings. The van der Waals surface area contributed by atoms with Crippen LogP contribution in [0.15, 0.2) is 36.4 Å². The molecule has 1 N–H and O–H groups in total. The maximum Gasteiger partial charge on any atom is 0.312 e. The number of ether oxygens (including phenoxy) is 1. The Balaban J connectivity index is 1.68. The van der Waals surface area contributed by atoms with E-state index >= 15 is 0 Å². The molecule has 2 aromatic rings. The van der Waals surface area contributed by atoms with Gasteiger partial charge in [0.2, 0.25) is 0 Å². The van der Waals surface area contributed by atoms with Crippen molar-refractivity contribution in [3.8, 4) is 0 Å². The summed E-state index contributed by atoms with van der Waals surface area (Å²) in [4.78, 5) is 15.1. The van der Waals surface area contributed by atoms with E-state index in [2.05, 4.69) is 33.3 Å². The molecule has 1 aromatic heterocycles. The van der Waals surface area contributed by atoms with Crippen LogP contribution in [0, 0.1) is 12.3 Å². The minimum absolute atomic E-state index is 0.0471. The highest BCUT2D eigenvalue weighted by Gasteiger charge is 2.42. The summed E-state index contributed by atoms with van der Waals surface area (Å²) < 4.78 is 5.44. The van der Waals surface area contributed by atoms with Crippen molar-refractivity contribution in [1.29, 1.82) is 0 Å². The van der Waals surface area contributed by atoms with Gasteiger partial charge in [-0.15, -0.1) is 0 Å². The van der Waals surface area contributed by atoms with Gasteiger partial charge in [0.25, 0.3) is 0 Å². The number of nitrogens with one attached hydrogen (secondary N) is 1. The van der Waals surface area contributed by atoms with Gasteiger partial charge in [0.1, 0.15) is 0 Å². The van der Waals surface area contributed by atoms with Crippen molar-refractivity contribution in [3.05, 3.63) is 53.3 Å². The van der Waals surface area contributed by atoms with Crippen molar-refractivity contribution in [2.24, 2.45) is 5.41 Å². The van der Waals surface area contributed by atoms with Gasteiger partial charge < -0.3 is 4.74 Å². The fourth-order valence-corrected chi connectivity index (χ4v) is 3.65. The van der Waals surface area contributed by atoms with Crippen LogP contribution in [0.4, 0.5) is 0 Å². The Morgan fingerprint density at radius 2 is 2.00 bits per heavy atom. The number of likely N-dealkylation sites (tertiary alicyclic amines) is 1. The first-order chi connectivity index (χ1) is 12.1. The number of carbonyl (C=O) groups excluding carboxylic acids is 1. The van der Waals surface area contributed by atoms with Crippen LogP contribution in [0.3, 0.4) is 0 Å². The van der Waals surface area contributed by atoms with Gasteiger partial charge in [0.05, 0.1) is 17.7 Å². The van der Waals surface area contributed by atoms with Crippen LogP contribution in [0.2, 0.25) is 0 Å². The summed E-state index contributed by atoms with van der Waals surface area (Å²) in [6.45, 7) is 6.93. The maximum atomic E-state index is 12.7. The summed E-state index contributed by atoms with van der Waals surface area (Å²) >= 11 is 0. The minimum atomic E-state index is -0.407. The van der Waals surface area contributed by atoms with E-state index in [4.69, 9.17) is 4.74 Å². The van der Waals surface area contributed by atoms with E-state index in [1.54, 1.807) is 0 Å². The molecule has 0 saturated carbocycles. The lowest BCUT2D eigenvalue weighted by Crippen LogP contribution is -2.46. The summed E-state index contributed by atoms with van der Waals surface area (Å²) in [5, 5.41) is 7.31. The first-order valence-electron chi connectivity index (χ1n) is 9.06. The van der Waals surface area contributed by atoms with Gasteiger partial charge in [0.15, 0.2) is 0 Å². The van der Waals surface area contributed by atoms with E-state index in [1.165, 1.54) is 5.56 Å². The highest BCUT2D eigenvalue weighted by Crippen LogP contribution is 2.37. The lowest BCUT2D eigenvalue weighted by Gasteiger charge is -2.39. The minimum Gasteiger partial charge on any atom is -0.466 e. The smallest absolute Gasteiger partial charge is 0.312 e. The molecule has 0 radical (unpaired) electrons. The van der Waals surface area contributed by atoms with Crippen molar-refractivity contribution in [3.63, 3.8) is 0 Å². The van der Waals surface area contributed by atoms with Crippen molar-refractivity contribution >= 4 is 5.97 Å². The number of carbonyl (C=O) groups is 1. The average Bonchev–Trinajstić information content (AvgIpc) is 3.03. The van der Waals surface area contributed by atoms with E-state index in [0.717, 1.165) is 50.3 Å². The molecule has 25 heavy (non-hydrogen) atoms. The third kappa shape index (κ3) is 4.28. The molecule has 0 bridgehead atoms. The number of H-pyrrole nitrogens is 1. The summed E-state index contributed by atoms with van der Waals surface area (Å²) in [5.74, 6) is -0.0471. The normalized spacial score (nSPS) is 17.4. The fraction of sp³-hybridized carbons (Fsp3) is 0.500. The van der Waals surface area contributed by atoms with E-state index in [0.29, 0.717) is 6.61 Å². The summed E-state index contributed by atoms with van der Waals surface area (Å²) in [7, 11) is 0. The lowest BCUT2D eigenvalue weighted by atomic mass is 9.73. The zero-order valence-electron chi connectivity index (χ0n) is 15.1. The van der Waals surface area contributed by atoms with Crippen molar-refractivity contribution in [2.45, 2.75) is 39.7 Å². The number of aromatic amines is 1. The zero-order valence-corrected chi connectivity index (χ0v) is 15.1. The number of benzene rings is 1. The molecule has 1 aromatic carbocycles. The highest BCUT2D eigenvalue weighted by molar-refractivity contribution is 5.77. The molecule has 5 heteroatoms. The zero-order chi connectivity index (χ0) is 17.7. The first-order valence-corrected chi connectivity index (χ1v) is 9.06. The van der Waals surface area contributed by atoms with Crippen LogP contribution in [0.1, 0.15) is 36.7 Å². The molecule has 1 aliphatic heterocycles. The van der Waals surface area contributed by atoms with Gasteiger partial charge >= 0.3 is 5.97 Å². The number of hydrogen-bond donors (Lipinski definition) is 1. The first kappa shape index (κ1) is 17.7. The van der Waals surface area contributed by atoms with Crippen LogP contribution in [-0.2, 0) is 22.5 Å². The van der Waals surface area contributed by atoms with Gasteiger partial charge in [-0.3, -0.25) is 14.8 Å². The second kappa shape index (κ2) is 7.83. The quantitative estimate of drug-likeness (QED) is 0.820. The molecule has 5 nitrogen and oxygen atoms in total. The van der Waals surface area contributed by atoms with Gasteiger partial charge in [0, 0.05) is 12.2 Å². The van der Waals surface area contributed by atoms with Crippen molar-refractivity contribution in [2.75, 3.05) is 19.7 Å². The fourth-order valence-electron chi connectivity index (χ4n) is 3.65. The Morgan fingerprint density at radius 3 is 2.60 bits per heavy atom. The summed E-state index contributed by atoms with van der Waals surface area (Å²) in [6, 6.07) is 12.3. The summed E-state index contributed by atoms with van der Waals surface area (Å²) in [5.41, 5.74) is 2.93. The Hall–Kier alpha value is -2.14. The molecule has 134 valence electrons. The standard InChI is InChI=1S/C20H27N3O2/c1-3-25-19(24)20(14-17-7-5-4-6-8-17)9-11-23(12-10-20)15-18-13-16(2)21-22-18/h4-8,13H,3,9-12,14-15H2,1-2H3,(H,21,22). The SMILES string of the molecule is CCOC(=O)C1(Cc2ccccc2)CCN(Cc2cc(C)[nH]n2)CC1. The average molecular weight is 341 g/mol. The topological polar surface area (TPSA) is 58.2 Å². The predicted octanol–water partition coefficient (Wildman–Crippen LogP) is 3.11. The number of aryl methyl sites for hydroxylation is 1. The van der Waals surface area contributed by atoms with Gasteiger partial charge in [-0.25, -0.2) is 0 Å². The monoisotopic (exact) mass is 341 g/mol. The number of piperidine rings is 1. The Bertz CT molecular complexity index is 688. The van der Waals surface area contributed by atoms with Crippen LogP contribution >= 0.6 is 0 Å². The lowest BCUT2D eigenvalue weighted by molar-refractivity contribution is -0.158. The predicted molar refractivity (Wildman–Crippen MR) is 97.0 cm³/mol. The van der Waals surface area contributed by atoms with E-state index in [1.807, 2.05) is 32.0 Å². The van der Waals surface area contributed by atoms with Gasteiger partial charge in [-0.05, 0) is 57.8 Å². The molecule has 0 amide bonds. The molecule has 0 aliphatic carbocycles. The van der Waals surface area contributed by atoms with Gasteiger partial charge in [-0.1, -0.05) is 30.3 Å². The third-order valence-corrected chi connectivity index (χ3v) is 5.05. The molecular formula is C20H27N3O2. The van der Waals surface area contributed by atoms with E-state index in [-0.39, 0.29) is 5.97 Å². The number of esters is 1. The van der Waals surface area contributed by atoms with Crippen LogP contribution < -0.4 is 0 Å². The molecule has 1 fully saturated rings. The summed E-state index contributed by atoms with van der Waals surface area (Å²) in [6.07, 6.45) is 2.40. The molecule has 0 unspecified atom stereocenters. The van der Waals surface area contributed by atoms with E-state index < -0.39 is 5.41 Å². The number of nitrogens with zero attached hydrogens (tertiary/aromatic N) is 2. The Kier molecular flexibility index (Phi) is 5.53. The molecule has 2 heterocycles. The highest BCUT2D eigenvalue weighted by atomic mass is 16.5. The largest absolute Gasteiger partial charge is 0.466 e. The maximum absolute atomic E-state index is 12.7. The Labute approximate surface area is 149 Å².